The number of benzene rings is 1. The number of aromatic nitrogens is 2. The number of hydrogen-bond acceptors (Lipinski definition) is 8. The van der Waals surface area contributed by atoms with Crippen LogP contribution in [-0.4, -0.2) is 61.8 Å². The van der Waals surface area contributed by atoms with E-state index in [1.807, 2.05) is 0 Å². The Labute approximate surface area is 220 Å². The summed E-state index contributed by atoms with van der Waals surface area (Å²) in [6.45, 7) is 1.53. The average molecular weight is 571 g/mol. The topological polar surface area (TPSA) is 127 Å². The smallest absolute Gasteiger partial charge is 0.381 e. The van der Waals surface area contributed by atoms with Crippen LogP contribution < -0.4 is 10.6 Å². The molecule has 2 amide bonds. The van der Waals surface area contributed by atoms with Crippen molar-refractivity contribution in [2.24, 2.45) is 0 Å². The molecule has 1 aromatic carbocycles. The highest BCUT2D eigenvalue weighted by Gasteiger charge is 2.37. The second-order valence-electron chi connectivity index (χ2n) is 8.67. The van der Waals surface area contributed by atoms with Crippen molar-refractivity contribution in [2.45, 2.75) is 37.2 Å². The molecule has 4 rings (SSSR count). The summed E-state index contributed by atoms with van der Waals surface area (Å²) in [4.78, 5) is 33.0. The number of fused-ring (bicyclic) bond motifs is 1. The monoisotopic (exact) mass is 570 g/mol. The molecule has 1 fully saturated rings. The van der Waals surface area contributed by atoms with E-state index in [0.29, 0.717) is 28.0 Å². The van der Waals surface area contributed by atoms with E-state index in [-0.39, 0.29) is 24.2 Å². The number of thiazole rings is 1. The van der Waals surface area contributed by atoms with E-state index in [9.17, 15) is 31.2 Å². The highest BCUT2D eigenvalue weighted by atomic mass is 32.2. The number of alkyl halides is 3. The van der Waals surface area contributed by atoms with Gasteiger partial charge in [-0.2, -0.15) is 13.2 Å². The Balaban J connectivity index is 1.61. The fourth-order valence-corrected chi connectivity index (χ4v) is 6.47. The van der Waals surface area contributed by atoms with Crippen LogP contribution in [-0.2, 0) is 30.3 Å². The van der Waals surface area contributed by atoms with Crippen LogP contribution in [0, 0.1) is 0 Å². The molecule has 0 saturated heterocycles. The first-order valence-corrected chi connectivity index (χ1v) is 14.3. The standard InChI is InChI=1S/C24H25F3N4O5S2/c1-2-36-9-10-38(34,35)21(22(33)29-13-20(32)30-16-5-6-16)23-31-17-11-14(3-7-18(17)37-23)15-4-8-19(28-12-15)24(25,26)27/h3-4,7-8,11-12,16,21H,2,5-6,9-10,13H2,1H3,(H,29,33)(H,30,32). The summed E-state index contributed by atoms with van der Waals surface area (Å²) in [7, 11) is -4.07. The van der Waals surface area contributed by atoms with Crippen molar-refractivity contribution in [2.75, 3.05) is 25.5 Å². The number of halogens is 3. The van der Waals surface area contributed by atoms with Gasteiger partial charge in [0.15, 0.2) is 15.1 Å². The fraction of sp³-hybridized carbons (Fsp3) is 0.417. The van der Waals surface area contributed by atoms with Gasteiger partial charge in [0.1, 0.15) is 10.7 Å². The first-order valence-electron chi connectivity index (χ1n) is 11.8. The van der Waals surface area contributed by atoms with E-state index in [0.717, 1.165) is 36.4 Å². The molecule has 1 aliphatic rings. The van der Waals surface area contributed by atoms with Crippen molar-refractivity contribution in [1.29, 1.82) is 0 Å². The van der Waals surface area contributed by atoms with Crippen LogP contribution in [0.25, 0.3) is 21.3 Å². The van der Waals surface area contributed by atoms with Gasteiger partial charge in [0.05, 0.1) is 29.1 Å². The van der Waals surface area contributed by atoms with Crippen LogP contribution >= 0.6 is 11.3 Å². The minimum absolute atomic E-state index is 0.0132. The number of pyridine rings is 1. The van der Waals surface area contributed by atoms with Gasteiger partial charge in [-0.15, -0.1) is 11.3 Å². The number of ether oxygens (including phenoxy) is 1. The fourth-order valence-electron chi connectivity index (χ4n) is 3.60. The lowest BCUT2D eigenvalue weighted by atomic mass is 10.1. The molecule has 1 aliphatic carbocycles. The van der Waals surface area contributed by atoms with Crippen LogP contribution in [0.1, 0.15) is 35.7 Å². The summed E-state index contributed by atoms with van der Waals surface area (Å²) >= 11 is 1.01. The highest BCUT2D eigenvalue weighted by molar-refractivity contribution is 7.92. The molecule has 0 bridgehead atoms. The molecule has 9 nitrogen and oxygen atoms in total. The van der Waals surface area contributed by atoms with E-state index in [1.165, 1.54) is 6.07 Å². The third kappa shape index (κ3) is 6.85. The number of carbonyl (C=O) groups excluding carboxylic acids is 2. The zero-order chi connectivity index (χ0) is 27.5. The molecule has 1 saturated carbocycles. The van der Waals surface area contributed by atoms with Gasteiger partial charge in [-0.3, -0.25) is 14.6 Å². The average Bonchev–Trinajstić information content (AvgIpc) is 3.57. The molecular weight excluding hydrogens is 545 g/mol. The highest BCUT2D eigenvalue weighted by Crippen LogP contribution is 2.34. The van der Waals surface area contributed by atoms with Gasteiger partial charge in [-0.25, -0.2) is 13.4 Å². The number of rotatable bonds is 11. The van der Waals surface area contributed by atoms with Crippen LogP contribution in [0.3, 0.4) is 0 Å². The summed E-state index contributed by atoms with van der Waals surface area (Å²) in [6.07, 6.45) is -1.73. The number of sulfone groups is 1. The Morgan fingerprint density at radius 1 is 1.18 bits per heavy atom. The predicted molar refractivity (Wildman–Crippen MR) is 135 cm³/mol. The Hall–Kier alpha value is -3.10. The molecule has 2 heterocycles. The minimum atomic E-state index is -4.56. The number of carbonyl (C=O) groups is 2. The van der Waals surface area contributed by atoms with Crippen molar-refractivity contribution in [3.8, 4) is 11.1 Å². The number of nitrogens with zero attached hydrogens (tertiary/aromatic N) is 2. The lowest BCUT2D eigenvalue weighted by Gasteiger charge is -2.15. The summed E-state index contributed by atoms with van der Waals surface area (Å²) in [5.41, 5.74) is 0.282. The van der Waals surface area contributed by atoms with E-state index in [4.69, 9.17) is 4.74 Å². The minimum Gasteiger partial charge on any atom is -0.381 e. The Morgan fingerprint density at radius 3 is 2.55 bits per heavy atom. The van der Waals surface area contributed by atoms with Gasteiger partial charge in [-0.05, 0) is 43.5 Å². The molecule has 0 radical (unpaired) electrons. The van der Waals surface area contributed by atoms with E-state index >= 15 is 0 Å². The third-order valence-corrected chi connectivity index (χ3v) is 8.84. The maximum Gasteiger partial charge on any atom is 0.433 e. The van der Waals surface area contributed by atoms with Gasteiger partial charge in [0, 0.05) is 24.4 Å². The molecule has 0 spiro atoms. The second-order valence-corrected chi connectivity index (χ2v) is 11.9. The van der Waals surface area contributed by atoms with Crippen LogP contribution in [0.2, 0.25) is 0 Å². The molecule has 1 atom stereocenters. The van der Waals surface area contributed by atoms with Crippen LogP contribution in [0.4, 0.5) is 13.2 Å². The maximum atomic E-state index is 13.2. The Bertz CT molecular complexity index is 1420. The maximum absolute atomic E-state index is 13.2. The first kappa shape index (κ1) is 27.9. The lowest BCUT2D eigenvalue weighted by molar-refractivity contribution is -0.141. The predicted octanol–water partition coefficient (Wildman–Crippen LogP) is 3.26. The molecule has 2 N–H and O–H groups in total. The third-order valence-electron chi connectivity index (χ3n) is 5.69. The summed E-state index contributed by atoms with van der Waals surface area (Å²) < 4.78 is 70.6. The summed E-state index contributed by atoms with van der Waals surface area (Å²) in [6, 6.07) is 7.12. The van der Waals surface area contributed by atoms with Gasteiger partial charge >= 0.3 is 6.18 Å². The zero-order valence-electron chi connectivity index (χ0n) is 20.2. The molecule has 38 heavy (non-hydrogen) atoms. The van der Waals surface area contributed by atoms with Crippen molar-refractivity contribution >= 4 is 43.2 Å². The molecule has 2 aromatic heterocycles. The van der Waals surface area contributed by atoms with E-state index < -0.39 is 44.5 Å². The van der Waals surface area contributed by atoms with E-state index in [1.54, 1.807) is 25.1 Å². The second kappa shape index (κ2) is 11.3. The molecule has 1 unspecified atom stereocenters. The summed E-state index contributed by atoms with van der Waals surface area (Å²) in [5, 5.41) is 3.48. The molecular formula is C24H25F3N4O5S2. The normalized spacial score (nSPS) is 14.8. The van der Waals surface area contributed by atoms with Gasteiger partial charge in [-0.1, -0.05) is 12.1 Å². The van der Waals surface area contributed by atoms with Gasteiger partial charge in [0.25, 0.3) is 0 Å². The lowest BCUT2D eigenvalue weighted by Crippen LogP contribution is -2.42. The van der Waals surface area contributed by atoms with Crippen LogP contribution in [0.15, 0.2) is 36.5 Å². The van der Waals surface area contributed by atoms with Crippen molar-refractivity contribution in [3.05, 3.63) is 47.2 Å². The molecule has 3 aromatic rings. The largest absolute Gasteiger partial charge is 0.433 e. The van der Waals surface area contributed by atoms with E-state index in [2.05, 4.69) is 20.6 Å². The number of hydrogen-bond donors (Lipinski definition) is 2. The van der Waals surface area contributed by atoms with Crippen molar-refractivity contribution in [3.63, 3.8) is 0 Å². The quantitative estimate of drug-likeness (QED) is 0.339. The van der Waals surface area contributed by atoms with Crippen molar-refractivity contribution in [1.82, 2.24) is 20.6 Å². The number of amides is 2. The molecule has 14 heteroatoms. The zero-order valence-corrected chi connectivity index (χ0v) is 21.9. The first-order chi connectivity index (χ1) is 18.0. The van der Waals surface area contributed by atoms with Gasteiger partial charge in [0.2, 0.25) is 11.8 Å². The number of nitrogens with one attached hydrogen (secondary N) is 2. The van der Waals surface area contributed by atoms with Gasteiger partial charge < -0.3 is 15.4 Å². The SMILES string of the molecule is CCOCCS(=O)(=O)C(C(=O)NCC(=O)NC1CC1)c1nc2cc(-c3ccc(C(F)(F)F)nc3)ccc2s1. The Kier molecular flexibility index (Phi) is 8.33. The summed E-state index contributed by atoms with van der Waals surface area (Å²) in [5.74, 6) is -1.71. The Morgan fingerprint density at radius 2 is 1.92 bits per heavy atom. The molecule has 0 aliphatic heterocycles. The van der Waals surface area contributed by atoms with Crippen molar-refractivity contribution < 1.29 is 35.9 Å². The molecule has 204 valence electrons. The van der Waals surface area contributed by atoms with Crippen LogP contribution in [0.5, 0.6) is 0 Å².